The Bertz CT molecular complexity index is 416. The highest BCUT2D eigenvalue weighted by Gasteiger charge is 2.48. The number of hydrogen-bond acceptors (Lipinski definition) is 6. The highest BCUT2D eigenvalue weighted by molar-refractivity contribution is 5.14. The molecule has 2 N–H and O–H groups in total. The van der Waals surface area contributed by atoms with Gasteiger partial charge in [-0.05, 0) is 19.8 Å². The molecule has 1 saturated heterocycles. The number of hydrogen-bond donors (Lipinski definition) is 1. The summed E-state index contributed by atoms with van der Waals surface area (Å²) in [6.45, 7) is 3.93. The molecule has 1 aromatic rings. The van der Waals surface area contributed by atoms with Crippen LogP contribution >= 0.6 is 0 Å². The van der Waals surface area contributed by atoms with Gasteiger partial charge in [-0.25, -0.2) is 0 Å². The summed E-state index contributed by atoms with van der Waals surface area (Å²) >= 11 is 0. The molecular weight excluding hydrogens is 234 g/mol. The van der Waals surface area contributed by atoms with Crippen LogP contribution in [0.25, 0.3) is 0 Å². The minimum Gasteiger partial charge on any atom is -0.381 e. The molecule has 0 spiro atoms. The molecule has 0 radical (unpaired) electrons. The lowest BCUT2D eigenvalue weighted by Gasteiger charge is -2.33. The van der Waals surface area contributed by atoms with Crippen LogP contribution < -0.4 is 5.73 Å². The van der Waals surface area contributed by atoms with E-state index in [9.17, 15) is 0 Å². The minimum atomic E-state index is -0.458. The van der Waals surface area contributed by atoms with Gasteiger partial charge in [0.1, 0.15) is 5.60 Å². The van der Waals surface area contributed by atoms with E-state index in [2.05, 4.69) is 10.1 Å². The third-order valence-electron chi connectivity index (χ3n) is 3.77. The molecule has 2 fully saturated rings. The first kappa shape index (κ1) is 12.1. The molecule has 2 aliphatic rings. The zero-order valence-corrected chi connectivity index (χ0v) is 10.6. The molecule has 6 heteroatoms. The predicted octanol–water partition coefficient (Wildman–Crippen LogP) is 1.06. The first-order valence-electron chi connectivity index (χ1n) is 6.54. The number of nitrogens with zero attached hydrogens (tertiary/aromatic N) is 2. The third-order valence-corrected chi connectivity index (χ3v) is 3.77. The Morgan fingerprint density at radius 1 is 1.28 bits per heavy atom. The van der Waals surface area contributed by atoms with Crippen LogP contribution in [0.15, 0.2) is 4.52 Å². The normalized spacial score (nSPS) is 25.0. The van der Waals surface area contributed by atoms with Crippen molar-refractivity contribution in [3.63, 3.8) is 0 Å². The lowest BCUT2D eigenvalue weighted by Crippen LogP contribution is -2.37. The summed E-state index contributed by atoms with van der Waals surface area (Å²) in [5.74, 6) is 1.17. The van der Waals surface area contributed by atoms with E-state index >= 15 is 0 Å². The van der Waals surface area contributed by atoms with Crippen molar-refractivity contribution in [3.8, 4) is 0 Å². The molecular formula is C12H19N3O3. The Balaban J connectivity index is 1.87. The highest BCUT2D eigenvalue weighted by Crippen LogP contribution is 2.43. The molecule has 1 saturated carbocycles. The van der Waals surface area contributed by atoms with Gasteiger partial charge in [0.15, 0.2) is 0 Å². The summed E-state index contributed by atoms with van der Waals surface area (Å²) in [4.78, 5) is 4.48. The summed E-state index contributed by atoms with van der Waals surface area (Å²) in [7, 11) is 0. The van der Waals surface area contributed by atoms with Crippen molar-refractivity contribution in [1.29, 1.82) is 0 Å². The number of rotatable bonds is 4. The van der Waals surface area contributed by atoms with Crippen molar-refractivity contribution >= 4 is 0 Å². The average Bonchev–Trinajstić information content (AvgIpc) is 2.95. The van der Waals surface area contributed by atoms with Gasteiger partial charge in [0.05, 0.1) is 5.54 Å². The summed E-state index contributed by atoms with van der Waals surface area (Å²) in [5, 5.41) is 4.09. The summed E-state index contributed by atoms with van der Waals surface area (Å²) in [5.41, 5.74) is 5.22. The fourth-order valence-corrected chi connectivity index (χ4v) is 2.37. The van der Waals surface area contributed by atoms with Crippen LogP contribution in [0.2, 0.25) is 0 Å². The van der Waals surface area contributed by atoms with Crippen LogP contribution in [0.5, 0.6) is 0 Å². The molecule has 1 aromatic heterocycles. The van der Waals surface area contributed by atoms with Crippen molar-refractivity contribution in [2.45, 2.75) is 43.7 Å². The van der Waals surface area contributed by atoms with Crippen LogP contribution in [0, 0.1) is 0 Å². The van der Waals surface area contributed by atoms with Crippen LogP contribution in [-0.2, 0) is 20.6 Å². The van der Waals surface area contributed by atoms with Gasteiger partial charge in [0.25, 0.3) is 0 Å². The molecule has 0 amide bonds. The Morgan fingerprint density at radius 3 is 2.61 bits per heavy atom. The Morgan fingerprint density at radius 2 is 2.00 bits per heavy atom. The molecule has 1 aliphatic carbocycles. The molecule has 100 valence electrons. The molecule has 18 heavy (non-hydrogen) atoms. The molecule has 2 heterocycles. The Labute approximate surface area is 106 Å². The smallest absolute Gasteiger partial charge is 0.246 e. The van der Waals surface area contributed by atoms with Gasteiger partial charge in [-0.3, -0.25) is 0 Å². The maximum absolute atomic E-state index is 6.07. The van der Waals surface area contributed by atoms with E-state index in [0.717, 1.165) is 25.7 Å². The van der Waals surface area contributed by atoms with Gasteiger partial charge in [-0.2, -0.15) is 4.98 Å². The number of nitrogens with two attached hydrogens (primary N) is 1. The second-order valence-corrected chi connectivity index (χ2v) is 5.12. The van der Waals surface area contributed by atoms with Crippen molar-refractivity contribution in [1.82, 2.24) is 10.1 Å². The lowest BCUT2D eigenvalue weighted by molar-refractivity contribution is -0.118. The van der Waals surface area contributed by atoms with Crippen molar-refractivity contribution in [2.24, 2.45) is 5.73 Å². The standard InChI is InChI=1S/C12H19N3O3/c1-2-17-12(5-7-16-8-6-12)9-14-10(18-15-9)11(13)3-4-11/h2-8,13H2,1H3. The van der Waals surface area contributed by atoms with E-state index < -0.39 is 5.60 Å². The summed E-state index contributed by atoms with van der Waals surface area (Å²) in [6.07, 6.45) is 3.35. The molecule has 0 atom stereocenters. The maximum Gasteiger partial charge on any atom is 0.246 e. The fourth-order valence-electron chi connectivity index (χ4n) is 2.37. The maximum atomic E-state index is 6.07. The zero-order valence-electron chi connectivity index (χ0n) is 10.6. The van der Waals surface area contributed by atoms with Gasteiger partial charge < -0.3 is 19.7 Å². The molecule has 0 aromatic carbocycles. The van der Waals surface area contributed by atoms with E-state index in [4.69, 9.17) is 19.7 Å². The quantitative estimate of drug-likeness (QED) is 0.863. The Hall–Kier alpha value is -0.980. The van der Waals surface area contributed by atoms with Crippen LogP contribution in [0.3, 0.4) is 0 Å². The Kier molecular flexibility index (Phi) is 2.88. The molecule has 0 unspecified atom stereocenters. The van der Waals surface area contributed by atoms with Gasteiger partial charge in [-0.15, -0.1) is 0 Å². The van der Waals surface area contributed by atoms with Crippen LogP contribution in [0.4, 0.5) is 0 Å². The summed E-state index contributed by atoms with van der Waals surface area (Å²) < 4.78 is 16.6. The molecule has 1 aliphatic heterocycles. The van der Waals surface area contributed by atoms with E-state index in [-0.39, 0.29) is 5.54 Å². The minimum absolute atomic E-state index is 0.385. The second kappa shape index (κ2) is 4.29. The lowest BCUT2D eigenvalue weighted by atomic mass is 9.93. The monoisotopic (exact) mass is 253 g/mol. The van der Waals surface area contributed by atoms with E-state index in [1.807, 2.05) is 6.92 Å². The van der Waals surface area contributed by atoms with Gasteiger partial charge in [0.2, 0.25) is 11.7 Å². The van der Waals surface area contributed by atoms with Crippen LogP contribution in [0.1, 0.15) is 44.3 Å². The molecule has 3 rings (SSSR count). The highest BCUT2D eigenvalue weighted by atomic mass is 16.5. The van der Waals surface area contributed by atoms with Crippen molar-refractivity contribution in [2.75, 3.05) is 19.8 Å². The van der Waals surface area contributed by atoms with Gasteiger partial charge in [0, 0.05) is 32.7 Å². The van der Waals surface area contributed by atoms with E-state index in [1.165, 1.54) is 0 Å². The number of ether oxygens (including phenoxy) is 2. The average molecular weight is 253 g/mol. The van der Waals surface area contributed by atoms with E-state index in [1.54, 1.807) is 0 Å². The predicted molar refractivity (Wildman–Crippen MR) is 62.8 cm³/mol. The third kappa shape index (κ3) is 1.94. The fraction of sp³-hybridized carbons (Fsp3) is 0.833. The van der Waals surface area contributed by atoms with Crippen molar-refractivity contribution in [3.05, 3.63) is 11.7 Å². The topological polar surface area (TPSA) is 83.4 Å². The van der Waals surface area contributed by atoms with Crippen molar-refractivity contribution < 1.29 is 14.0 Å². The SMILES string of the molecule is CCOC1(c2noc(C3(N)CC3)n2)CCOCC1. The molecule has 0 bridgehead atoms. The van der Waals surface area contributed by atoms with Gasteiger partial charge in [-0.1, -0.05) is 5.16 Å². The van der Waals surface area contributed by atoms with E-state index in [0.29, 0.717) is 31.5 Å². The first-order valence-corrected chi connectivity index (χ1v) is 6.54. The summed E-state index contributed by atoms with van der Waals surface area (Å²) in [6, 6.07) is 0. The molecule has 6 nitrogen and oxygen atoms in total. The number of aromatic nitrogens is 2. The first-order chi connectivity index (χ1) is 8.69. The second-order valence-electron chi connectivity index (χ2n) is 5.12. The van der Waals surface area contributed by atoms with Crippen LogP contribution in [-0.4, -0.2) is 30.0 Å². The van der Waals surface area contributed by atoms with Gasteiger partial charge >= 0.3 is 0 Å². The largest absolute Gasteiger partial charge is 0.381 e. The zero-order chi connectivity index (χ0) is 12.6.